The summed E-state index contributed by atoms with van der Waals surface area (Å²) in [6.45, 7) is 0. The van der Waals surface area contributed by atoms with E-state index in [1.54, 1.807) is 18.2 Å². The van der Waals surface area contributed by atoms with Crippen molar-refractivity contribution in [2.45, 2.75) is 70.0 Å². The third kappa shape index (κ3) is 5.77. The summed E-state index contributed by atoms with van der Waals surface area (Å²) < 4.78 is 11.4. The predicted molar refractivity (Wildman–Crippen MR) is 137 cm³/mol. The van der Waals surface area contributed by atoms with Crippen molar-refractivity contribution < 1.29 is 23.9 Å². The van der Waals surface area contributed by atoms with Gasteiger partial charge in [-0.2, -0.15) is 0 Å². The first-order valence-electron chi connectivity index (χ1n) is 13.3. The Kier molecular flexibility index (Phi) is 7.64. The normalized spacial score (nSPS) is 26.1. The van der Waals surface area contributed by atoms with Crippen molar-refractivity contribution in [3.05, 3.63) is 72.3 Å². The molecule has 0 radical (unpaired) electrons. The second-order valence-corrected chi connectivity index (χ2v) is 10.5. The van der Waals surface area contributed by atoms with Gasteiger partial charge in [-0.3, -0.25) is 9.59 Å². The number of carbonyl (C=O) groups is 3. The zero-order chi connectivity index (χ0) is 24.9. The highest BCUT2D eigenvalue weighted by Crippen LogP contribution is 2.43. The molecule has 2 aromatic rings. The van der Waals surface area contributed by atoms with Gasteiger partial charge in [0.1, 0.15) is 12.2 Å². The van der Waals surface area contributed by atoms with Crippen LogP contribution in [0.2, 0.25) is 0 Å². The van der Waals surface area contributed by atoms with Gasteiger partial charge in [0.25, 0.3) is 0 Å². The zero-order valence-corrected chi connectivity index (χ0v) is 20.6. The Morgan fingerprint density at radius 2 is 1.67 bits per heavy atom. The van der Waals surface area contributed by atoms with Crippen LogP contribution < -0.4 is 0 Å². The third-order valence-electron chi connectivity index (χ3n) is 8.07. The number of hydrogen-bond acceptors (Lipinski definition) is 5. The van der Waals surface area contributed by atoms with E-state index in [-0.39, 0.29) is 29.7 Å². The molecule has 1 aliphatic heterocycles. The van der Waals surface area contributed by atoms with Gasteiger partial charge in [0.2, 0.25) is 0 Å². The summed E-state index contributed by atoms with van der Waals surface area (Å²) in [7, 11) is 0. The summed E-state index contributed by atoms with van der Waals surface area (Å²) in [5, 5.41) is 0. The summed E-state index contributed by atoms with van der Waals surface area (Å²) in [4.78, 5) is 37.5. The summed E-state index contributed by atoms with van der Waals surface area (Å²) in [6, 6.07) is 17.4. The van der Waals surface area contributed by atoms with E-state index < -0.39 is 12.1 Å². The van der Waals surface area contributed by atoms with Crippen LogP contribution in [0.5, 0.6) is 0 Å². The van der Waals surface area contributed by atoms with Crippen LogP contribution in [-0.4, -0.2) is 29.9 Å². The number of fused-ring (bicyclic) bond motifs is 1. The van der Waals surface area contributed by atoms with E-state index in [0.717, 1.165) is 17.5 Å². The summed E-state index contributed by atoms with van der Waals surface area (Å²) in [5.41, 5.74) is 2.60. The van der Waals surface area contributed by atoms with Crippen LogP contribution in [0, 0.1) is 17.8 Å². The van der Waals surface area contributed by atoms with Crippen LogP contribution in [0.4, 0.5) is 0 Å². The van der Waals surface area contributed by atoms with Crippen molar-refractivity contribution in [1.82, 2.24) is 0 Å². The molecule has 3 aliphatic rings. The van der Waals surface area contributed by atoms with Crippen LogP contribution in [-0.2, 0) is 19.1 Å². The van der Waals surface area contributed by atoms with Gasteiger partial charge in [-0.15, -0.1) is 0 Å². The Morgan fingerprint density at radius 1 is 0.944 bits per heavy atom. The Balaban J connectivity index is 1.22. The predicted octanol–water partition coefficient (Wildman–Crippen LogP) is 6.32. The van der Waals surface area contributed by atoms with Gasteiger partial charge >= 0.3 is 11.9 Å². The average Bonchev–Trinajstić information content (AvgIpc) is 3.42. The number of hydrogen-bond donors (Lipinski definition) is 0. The van der Waals surface area contributed by atoms with E-state index in [1.807, 2.05) is 48.5 Å². The molecule has 5 rings (SSSR count). The van der Waals surface area contributed by atoms with E-state index in [1.165, 1.54) is 32.1 Å². The van der Waals surface area contributed by atoms with Gasteiger partial charge in [-0.05, 0) is 41.7 Å². The molecular weight excluding hydrogens is 452 g/mol. The second kappa shape index (κ2) is 11.2. The molecule has 2 aromatic carbocycles. The van der Waals surface area contributed by atoms with E-state index in [2.05, 4.69) is 0 Å². The number of rotatable bonds is 8. The molecule has 0 bridgehead atoms. The van der Waals surface area contributed by atoms with Crippen molar-refractivity contribution in [3.8, 4) is 11.1 Å². The number of carbonyl (C=O) groups excluding carboxylic acids is 3. The third-order valence-corrected chi connectivity index (χ3v) is 8.07. The van der Waals surface area contributed by atoms with E-state index >= 15 is 0 Å². The van der Waals surface area contributed by atoms with Crippen molar-refractivity contribution in [2.75, 3.05) is 0 Å². The first-order chi connectivity index (χ1) is 17.6. The van der Waals surface area contributed by atoms with E-state index in [4.69, 9.17) is 9.47 Å². The van der Waals surface area contributed by atoms with Crippen LogP contribution in [0.3, 0.4) is 0 Å². The fourth-order valence-electron chi connectivity index (χ4n) is 6.05. The molecule has 5 heteroatoms. The van der Waals surface area contributed by atoms with Crippen molar-refractivity contribution in [3.63, 3.8) is 0 Å². The summed E-state index contributed by atoms with van der Waals surface area (Å²) in [5.74, 6) is -0.0994. The van der Waals surface area contributed by atoms with Gasteiger partial charge in [0.15, 0.2) is 5.78 Å². The quantitative estimate of drug-likeness (QED) is 0.323. The van der Waals surface area contributed by atoms with Crippen LogP contribution in [0.25, 0.3) is 11.1 Å². The van der Waals surface area contributed by atoms with E-state index in [9.17, 15) is 14.4 Å². The minimum Gasteiger partial charge on any atom is -0.462 e. The van der Waals surface area contributed by atoms with Crippen molar-refractivity contribution >= 4 is 17.7 Å². The second-order valence-electron chi connectivity index (χ2n) is 10.5. The average molecular weight is 487 g/mol. The molecule has 1 heterocycles. The fourth-order valence-corrected chi connectivity index (χ4v) is 6.05. The number of allylic oxidation sites excluding steroid dienone is 1. The fraction of sp³-hybridized carbons (Fsp3) is 0.452. The van der Waals surface area contributed by atoms with Gasteiger partial charge in [-0.25, -0.2) is 4.79 Å². The Bertz CT molecular complexity index is 1100. The highest BCUT2D eigenvalue weighted by Gasteiger charge is 2.50. The standard InChI is InChI=1S/C31H34O5/c32-25(16-11-21-7-3-1-4-8-21)17-18-26-27-19-30(33)35-29(27)20-28(26)36-31(34)24-14-12-23(13-15-24)22-9-5-2-6-10-22/h2,5-6,9-10,12-15,17-18,21,26-29H,1,3-4,7-8,11,16,19-20H2/t26-,27-,28-,29+/m1/s1. The number of ketones is 1. The molecule has 0 N–H and O–H groups in total. The largest absolute Gasteiger partial charge is 0.462 e. The van der Waals surface area contributed by atoms with Crippen molar-refractivity contribution in [1.29, 1.82) is 0 Å². The van der Waals surface area contributed by atoms with Crippen LogP contribution >= 0.6 is 0 Å². The molecule has 2 aliphatic carbocycles. The minimum absolute atomic E-state index is 0.0573. The lowest BCUT2D eigenvalue weighted by Crippen LogP contribution is -2.25. The topological polar surface area (TPSA) is 69.7 Å². The van der Waals surface area contributed by atoms with Crippen molar-refractivity contribution in [2.24, 2.45) is 17.8 Å². The maximum Gasteiger partial charge on any atom is 0.338 e. The molecule has 0 unspecified atom stereocenters. The SMILES string of the molecule is O=C(C=C[C@@H]1[C@H]2CC(=O)O[C@H]2C[C@H]1OC(=O)c1ccc(-c2ccccc2)cc1)CCC1CCCCC1. The Labute approximate surface area is 212 Å². The lowest BCUT2D eigenvalue weighted by molar-refractivity contribution is -0.141. The Morgan fingerprint density at radius 3 is 2.42 bits per heavy atom. The van der Waals surface area contributed by atoms with Gasteiger partial charge in [0, 0.05) is 24.7 Å². The molecule has 36 heavy (non-hydrogen) atoms. The number of ether oxygens (including phenoxy) is 2. The highest BCUT2D eigenvalue weighted by molar-refractivity contribution is 5.91. The molecule has 4 atom stereocenters. The summed E-state index contributed by atoms with van der Waals surface area (Å²) in [6.07, 6.45) is 11.4. The lowest BCUT2D eigenvalue weighted by atomic mass is 9.85. The minimum atomic E-state index is -0.420. The number of benzene rings is 2. The molecule has 0 spiro atoms. The molecule has 3 fully saturated rings. The van der Waals surface area contributed by atoms with Crippen LogP contribution in [0.1, 0.15) is 68.1 Å². The molecule has 5 nitrogen and oxygen atoms in total. The first-order valence-corrected chi connectivity index (χ1v) is 13.3. The lowest BCUT2D eigenvalue weighted by Gasteiger charge is -2.21. The highest BCUT2D eigenvalue weighted by atomic mass is 16.6. The Hall–Kier alpha value is -3.21. The van der Waals surface area contributed by atoms with Gasteiger partial charge in [-0.1, -0.05) is 80.6 Å². The maximum absolute atomic E-state index is 13.0. The molecule has 1 saturated heterocycles. The van der Waals surface area contributed by atoms with Crippen LogP contribution in [0.15, 0.2) is 66.7 Å². The molecule has 0 aromatic heterocycles. The molecule has 188 valence electrons. The molecule has 2 saturated carbocycles. The van der Waals surface area contributed by atoms with E-state index in [0.29, 0.717) is 30.7 Å². The molecular formula is C31H34O5. The molecule has 0 amide bonds. The number of esters is 2. The first kappa shape index (κ1) is 24.5. The summed E-state index contributed by atoms with van der Waals surface area (Å²) >= 11 is 0. The maximum atomic E-state index is 13.0. The zero-order valence-electron chi connectivity index (χ0n) is 20.6. The van der Waals surface area contributed by atoms with Gasteiger partial charge < -0.3 is 9.47 Å². The smallest absolute Gasteiger partial charge is 0.338 e. The monoisotopic (exact) mass is 486 g/mol. The van der Waals surface area contributed by atoms with Gasteiger partial charge in [0.05, 0.1) is 12.0 Å².